The van der Waals surface area contributed by atoms with Gasteiger partial charge in [0.2, 0.25) is 0 Å². The quantitative estimate of drug-likeness (QED) is 0.422. The second-order valence-corrected chi connectivity index (χ2v) is 9.93. The predicted molar refractivity (Wildman–Crippen MR) is 106 cm³/mol. The average molecular weight is 410 g/mol. The number of ether oxygens (including phenoxy) is 1. The van der Waals surface area contributed by atoms with Gasteiger partial charge in [0.15, 0.2) is 0 Å². The van der Waals surface area contributed by atoms with Gasteiger partial charge in [-0.15, -0.1) is 0 Å². The van der Waals surface area contributed by atoms with E-state index >= 15 is 0 Å². The van der Waals surface area contributed by atoms with E-state index in [1.807, 2.05) is 0 Å². The van der Waals surface area contributed by atoms with Crippen molar-refractivity contribution >= 4 is 38.3 Å². The van der Waals surface area contributed by atoms with E-state index in [0.29, 0.717) is 17.1 Å². The molecular formula is C15H24BN6O5P. The molecular weight excluding hydrogens is 386 g/mol. The number of imidazole rings is 1. The first-order valence-corrected chi connectivity index (χ1v) is 11.8. The summed E-state index contributed by atoms with van der Waals surface area (Å²) in [4.78, 5) is 25.4. The number of aromatic nitrogens is 4. The van der Waals surface area contributed by atoms with Gasteiger partial charge in [0.25, 0.3) is 0 Å². The van der Waals surface area contributed by atoms with Crippen molar-refractivity contribution in [2.45, 2.75) is 43.8 Å². The number of piperidine rings is 1. The van der Waals surface area contributed by atoms with E-state index in [2.05, 4.69) is 14.9 Å². The summed E-state index contributed by atoms with van der Waals surface area (Å²) in [5, 5.41) is 11.0. The number of hydrogen-bond acceptors (Lipinski definition) is 10. The van der Waals surface area contributed by atoms with E-state index in [1.54, 1.807) is 4.57 Å². The van der Waals surface area contributed by atoms with Gasteiger partial charge in [-0.05, 0) is 0 Å². The molecule has 0 bridgehead atoms. The van der Waals surface area contributed by atoms with Crippen molar-refractivity contribution in [2.75, 3.05) is 30.3 Å². The van der Waals surface area contributed by atoms with Gasteiger partial charge in [-0.3, -0.25) is 0 Å². The van der Waals surface area contributed by atoms with Crippen LogP contribution in [0.15, 0.2) is 6.33 Å². The first kappa shape index (κ1) is 18.5. The zero-order valence-corrected chi connectivity index (χ0v) is 16.6. The predicted octanol–water partition coefficient (Wildman–Crippen LogP) is -0.892. The maximum atomic E-state index is 11.0. The molecule has 0 saturated carbocycles. The Kier molecular flexibility index (Phi) is 4.46. The summed E-state index contributed by atoms with van der Waals surface area (Å²) in [6, 6.07) is 0. The molecule has 0 radical (unpaired) electrons. The molecule has 5 heterocycles. The Morgan fingerprint density at radius 3 is 2.82 bits per heavy atom. The fraction of sp³-hybridized carbons (Fsp3) is 0.667. The van der Waals surface area contributed by atoms with Crippen LogP contribution in [0.4, 0.5) is 11.8 Å². The molecule has 2 aromatic rings. The zero-order chi connectivity index (χ0) is 19.5. The molecule has 13 heteroatoms. The second-order valence-electron chi connectivity index (χ2n) is 7.61. The number of rotatable bonds is 2. The summed E-state index contributed by atoms with van der Waals surface area (Å²) in [5.41, 5.74) is 7.01. The molecule has 0 spiro atoms. The van der Waals surface area contributed by atoms with Crippen LogP contribution in [0.25, 0.3) is 11.2 Å². The van der Waals surface area contributed by atoms with Crippen molar-refractivity contribution in [1.29, 1.82) is 0 Å². The van der Waals surface area contributed by atoms with Gasteiger partial charge < -0.3 is 0 Å². The Morgan fingerprint density at radius 1 is 1.25 bits per heavy atom. The summed E-state index contributed by atoms with van der Waals surface area (Å²) in [5.74, 6) is 0.927. The van der Waals surface area contributed by atoms with E-state index in [9.17, 15) is 10.00 Å². The summed E-state index contributed by atoms with van der Waals surface area (Å²) < 4.78 is 18.9. The topological polar surface area (TPSA) is 141 Å². The van der Waals surface area contributed by atoms with Crippen LogP contribution in [0, 0.1) is 0 Å². The fourth-order valence-corrected chi connectivity index (χ4v) is 5.54. The number of hydrogen-bond donors (Lipinski definition) is 3. The van der Waals surface area contributed by atoms with E-state index in [4.69, 9.17) is 24.5 Å². The van der Waals surface area contributed by atoms with E-state index < -0.39 is 32.4 Å². The third-order valence-corrected chi connectivity index (χ3v) is 6.97. The van der Waals surface area contributed by atoms with Crippen LogP contribution in [0.2, 0.25) is 0 Å². The van der Waals surface area contributed by atoms with Crippen molar-refractivity contribution < 1.29 is 23.8 Å². The molecule has 1 unspecified atom stereocenters. The summed E-state index contributed by atoms with van der Waals surface area (Å²) >= 11 is 0. The van der Waals surface area contributed by atoms with Gasteiger partial charge in [0.1, 0.15) is 0 Å². The Labute approximate surface area is 162 Å². The van der Waals surface area contributed by atoms with Crippen LogP contribution < -0.4 is 10.6 Å². The van der Waals surface area contributed by atoms with Crippen molar-refractivity contribution in [1.82, 2.24) is 19.5 Å². The van der Waals surface area contributed by atoms with Gasteiger partial charge in [-0.1, -0.05) is 0 Å². The summed E-state index contributed by atoms with van der Waals surface area (Å²) in [7, 11) is -1.73. The number of nitrogens with zero attached hydrogens (tertiary/aromatic N) is 5. The van der Waals surface area contributed by atoms with E-state index in [0.717, 1.165) is 25.9 Å². The van der Waals surface area contributed by atoms with Crippen molar-refractivity contribution in [2.24, 2.45) is 0 Å². The summed E-state index contributed by atoms with van der Waals surface area (Å²) in [6.07, 6.45) is 1.73. The third kappa shape index (κ3) is 2.95. The van der Waals surface area contributed by atoms with Crippen LogP contribution in [0.3, 0.4) is 0 Å². The molecule has 0 aliphatic carbocycles. The van der Waals surface area contributed by atoms with Crippen LogP contribution in [0.1, 0.15) is 25.5 Å². The number of nitrogen functional groups attached to an aromatic ring is 1. The van der Waals surface area contributed by atoms with E-state index in [1.165, 1.54) is 20.3 Å². The molecule has 3 fully saturated rings. The molecule has 3 aliphatic heterocycles. The minimum atomic E-state index is -3.26. The molecule has 11 nitrogen and oxygen atoms in total. The molecule has 5 rings (SSSR count). The van der Waals surface area contributed by atoms with Crippen molar-refractivity contribution in [3.05, 3.63) is 6.33 Å². The molecule has 3 aliphatic rings. The van der Waals surface area contributed by atoms with Crippen molar-refractivity contribution in [3.8, 4) is 0 Å². The SMILES string of the molecule is B[PH]1(O)OC[C@H]2O[C@@H](n3c(N4CCCCC4)nc4c(N)ncnc43)C(O)[C@@H]2O1. The first-order chi connectivity index (χ1) is 13.4. The average Bonchev–Trinajstić information content (AvgIpc) is 3.21. The molecule has 0 amide bonds. The molecule has 28 heavy (non-hydrogen) atoms. The Balaban J connectivity index is 1.59. The molecule has 3 saturated heterocycles. The fourth-order valence-electron chi connectivity index (χ4n) is 4.20. The third-order valence-electron chi connectivity index (χ3n) is 5.56. The first-order valence-electron chi connectivity index (χ1n) is 9.56. The van der Waals surface area contributed by atoms with Crippen LogP contribution in [0.5, 0.6) is 0 Å². The van der Waals surface area contributed by atoms with Crippen LogP contribution in [-0.4, -0.2) is 75.1 Å². The number of anilines is 2. The van der Waals surface area contributed by atoms with Gasteiger partial charge >= 0.3 is 162 Å². The standard InChI is InChI=1S/C15H24BN6O5P/c16-28(24)25-6-8-11(27-28)10(23)14(26-8)22-13-9(12(17)18-7-19-13)20-15(22)21-4-2-1-3-5-21/h7-8,10-11,14,23-24,28H,1-6,16H2,(H2,17,18,19)/t8-,10?,11-,14-/m1/s1. The second kappa shape index (κ2) is 6.75. The van der Waals surface area contributed by atoms with Crippen LogP contribution >= 0.6 is 7.82 Å². The Hall–Kier alpha value is -1.56. The van der Waals surface area contributed by atoms with Gasteiger partial charge in [0, 0.05) is 0 Å². The maximum absolute atomic E-state index is 11.0. The molecule has 152 valence electrons. The van der Waals surface area contributed by atoms with Crippen LogP contribution in [-0.2, 0) is 13.8 Å². The molecule has 0 aromatic carbocycles. The Morgan fingerprint density at radius 2 is 2.04 bits per heavy atom. The van der Waals surface area contributed by atoms with Gasteiger partial charge in [0.05, 0.1) is 0 Å². The van der Waals surface area contributed by atoms with E-state index in [-0.39, 0.29) is 12.4 Å². The monoisotopic (exact) mass is 410 g/mol. The number of nitrogens with two attached hydrogens (primary N) is 1. The zero-order valence-electron chi connectivity index (χ0n) is 15.6. The summed E-state index contributed by atoms with van der Waals surface area (Å²) in [6.45, 7) is 1.88. The van der Waals surface area contributed by atoms with Crippen molar-refractivity contribution in [3.63, 3.8) is 0 Å². The Bertz CT molecular complexity index is 893. The minimum absolute atomic E-state index is 0.167. The molecule has 4 atom stereocenters. The number of aliphatic hydroxyl groups excluding tert-OH is 1. The molecule has 4 N–H and O–H groups in total. The molecule has 2 aromatic heterocycles. The van der Waals surface area contributed by atoms with Gasteiger partial charge in [-0.25, -0.2) is 0 Å². The number of fused-ring (bicyclic) bond motifs is 2. The number of aliphatic hydroxyl groups is 1. The van der Waals surface area contributed by atoms with Gasteiger partial charge in [-0.2, -0.15) is 0 Å². The normalized spacial score (nSPS) is 33.7.